The normalized spacial score (nSPS) is 15.9. The van der Waals surface area contributed by atoms with E-state index in [9.17, 15) is 13.2 Å². The summed E-state index contributed by atoms with van der Waals surface area (Å²) >= 11 is 0. The zero-order valence-corrected chi connectivity index (χ0v) is 17.2. The summed E-state index contributed by atoms with van der Waals surface area (Å²) in [6.45, 7) is 3.83. The zero-order chi connectivity index (χ0) is 21.0. The van der Waals surface area contributed by atoms with Crippen LogP contribution in [-0.2, 0) is 6.54 Å². The molecular formula is C21H33F3N4O. The molecule has 1 fully saturated rings. The van der Waals surface area contributed by atoms with Gasteiger partial charge in [-0.2, -0.15) is 13.2 Å². The van der Waals surface area contributed by atoms with Gasteiger partial charge in [0.25, 0.3) is 0 Å². The quantitative estimate of drug-likeness (QED) is 0.346. The monoisotopic (exact) mass is 414 g/mol. The molecular weight excluding hydrogens is 381 g/mol. The number of nitrogens with zero attached hydrogens (tertiary/aromatic N) is 2. The smallest absolute Gasteiger partial charge is 0.422 e. The highest BCUT2D eigenvalue weighted by Crippen LogP contribution is 2.18. The topological polar surface area (TPSA) is 48.9 Å². The van der Waals surface area contributed by atoms with Crippen LogP contribution in [0.4, 0.5) is 13.2 Å². The number of hydrogen-bond donors (Lipinski definition) is 2. The van der Waals surface area contributed by atoms with E-state index in [2.05, 4.69) is 20.5 Å². The number of aliphatic imine (C=N–C) groups is 1. The van der Waals surface area contributed by atoms with Crippen LogP contribution in [0.1, 0.15) is 44.1 Å². The molecule has 0 amide bonds. The number of benzene rings is 1. The van der Waals surface area contributed by atoms with Crippen LogP contribution in [-0.4, -0.2) is 56.9 Å². The predicted octanol–water partition coefficient (Wildman–Crippen LogP) is 3.95. The standard InChI is InChI=1S/C21H33F3N4O/c1-25-20(26-12-4-2-5-13-28-14-6-3-7-15-28)27-16-18-8-10-19(11-9-18)29-17-21(22,23)24/h8-11H,2-7,12-17H2,1H3,(H2,25,26,27). The molecule has 1 aliphatic heterocycles. The molecule has 0 aromatic heterocycles. The summed E-state index contributed by atoms with van der Waals surface area (Å²) in [4.78, 5) is 6.77. The second kappa shape index (κ2) is 12.6. The van der Waals surface area contributed by atoms with Crippen LogP contribution in [0, 0.1) is 0 Å². The number of hydrogen-bond acceptors (Lipinski definition) is 3. The van der Waals surface area contributed by atoms with Gasteiger partial charge >= 0.3 is 6.18 Å². The molecule has 0 atom stereocenters. The van der Waals surface area contributed by atoms with Gasteiger partial charge in [-0.15, -0.1) is 0 Å². The summed E-state index contributed by atoms with van der Waals surface area (Å²) in [5, 5.41) is 6.52. The first-order valence-electron chi connectivity index (χ1n) is 10.4. The van der Waals surface area contributed by atoms with Gasteiger partial charge in [-0.25, -0.2) is 0 Å². The number of likely N-dealkylation sites (tertiary alicyclic amines) is 1. The van der Waals surface area contributed by atoms with Gasteiger partial charge in [-0.1, -0.05) is 25.0 Å². The lowest BCUT2D eigenvalue weighted by molar-refractivity contribution is -0.153. The minimum Gasteiger partial charge on any atom is -0.484 e. The third-order valence-electron chi connectivity index (χ3n) is 4.90. The molecule has 0 aliphatic carbocycles. The van der Waals surface area contributed by atoms with Gasteiger partial charge in [0, 0.05) is 20.1 Å². The van der Waals surface area contributed by atoms with Gasteiger partial charge in [0.2, 0.25) is 0 Å². The van der Waals surface area contributed by atoms with Crippen molar-refractivity contribution in [2.24, 2.45) is 4.99 Å². The molecule has 0 bridgehead atoms. The number of guanidine groups is 1. The molecule has 164 valence electrons. The first-order chi connectivity index (χ1) is 14.0. The molecule has 8 heteroatoms. The fourth-order valence-electron chi connectivity index (χ4n) is 3.30. The van der Waals surface area contributed by atoms with E-state index in [4.69, 9.17) is 4.74 Å². The van der Waals surface area contributed by atoms with E-state index >= 15 is 0 Å². The Labute approximate surface area is 171 Å². The Morgan fingerprint density at radius 1 is 1.03 bits per heavy atom. The molecule has 1 heterocycles. The first-order valence-corrected chi connectivity index (χ1v) is 10.4. The second-order valence-electron chi connectivity index (χ2n) is 7.36. The van der Waals surface area contributed by atoms with Crippen molar-refractivity contribution in [1.82, 2.24) is 15.5 Å². The number of ether oxygens (including phenoxy) is 1. The average molecular weight is 415 g/mol. The van der Waals surface area contributed by atoms with Gasteiger partial charge in [-0.05, 0) is 63.0 Å². The molecule has 0 unspecified atom stereocenters. The van der Waals surface area contributed by atoms with E-state index in [1.807, 2.05) is 0 Å². The van der Waals surface area contributed by atoms with Gasteiger partial charge in [0.15, 0.2) is 12.6 Å². The molecule has 2 rings (SSSR count). The van der Waals surface area contributed by atoms with E-state index in [-0.39, 0.29) is 5.75 Å². The number of nitrogens with one attached hydrogen (secondary N) is 2. The van der Waals surface area contributed by atoms with Crippen molar-refractivity contribution in [1.29, 1.82) is 0 Å². The molecule has 1 saturated heterocycles. The summed E-state index contributed by atoms with van der Waals surface area (Å²) in [6.07, 6.45) is 3.25. The maximum atomic E-state index is 12.2. The van der Waals surface area contributed by atoms with Crippen LogP contribution in [0.2, 0.25) is 0 Å². The largest absolute Gasteiger partial charge is 0.484 e. The van der Waals surface area contributed by atoms with Crippen LogP contribution < -0.4 is 15.4 Å². The number of unbranched alkanes of at least 4 members (excludes halogenated alkanes) is 2. The summed E-state index contributed by atoms with van der Waals surface area (Å²) in [6, 6.07) is 6.57. The lowest BCUT2D eigenvalue weighted by atomic mass is 10.1. The van der Waals surface area contributed by atoms with Crippen molar-refractivity contribution >= 4 is 5.96 Å². The van der Waals surface area contributed by atoms with Gasteiger partial charge in [0.05, 0.1) is 0 Å². The maximum absolute atomic E-state index is 12.2. The molecule has 0 spiro atoms. The van der Waals surface area contributed by atoms with Crippen LogP contribution in [0.25, 0.3) is 0 Å². The van der Waals surface area contributed by atoms with Crippen LogP contribution in [0.15, 0.2) is 29.3 Å². The molecule has 0 saturated carbocycles. The van der Waals surface area contributed by atoms with Crippen molar-refractivity contribution in [3.05, 3.63) is 29.8 Å². The summed E-state index contributed by atoms with van der Waals surface area (Å²) < 4.78 is 41.2. The fourth-order valence-corrected chi connectivity index (χ4v) is 3.30. The molecule has 0 radical (unpaired) electrons. The minimum atomic E-state index is -4.33. The fraction of sp³-hybridized carbons (Fsp3) is 0.667. The van der Waals surface area contributed by atoms with Gasteiger partial charge in [0.1, 0.15) is 5.75 Å². The molecule has 1 aliphatic rings. The second-order valence-corrected chi connectivity index (χ2v) is 7.36. The number of alkyl halides is 3. The molecule has 5 nitrogen and oxygen atoms in total. The molecule has 2 N–H and O–H groups in total. The third kappa shape index (κ3) is 10.4. The Bertz CT molecular complexity index is 599. The van der Waals surface area contributed by atoms with E-state index in [0.717, 1.165) is 24.5 Å². The summed E-state index contributed by atoms with van der Waals surface area (Å²) in [5.41, 5.74) is 0.939. The molecule has 29 heavy (non-hydrogen) atoms. The Kier molecular flexibility index (Phi) is 10.1. The van der Waals surface area contributed by atoms with Crippen LogP contribution >= 0.6 is 0 Å². The Morgan fingerprint density at radius 3 is 2.41 bits per heavy atom. The van der Waals surface area contributed by atoms with Crippen LogP contribution in [0.5, 0.6) is 5.75 Å². The van der Waals surface area contributed by atoms with Crippen molar-refractivity contribution < 1.29 is 17.9 Å². The van der Waals surface area contributed by atoms with Gasteiger partial charge < -0.3 is 20.3 Å². The van der Waals surface area contributed by atoms with E-state index in [0.29, 0.717) is 6.54 Å². The van der Waals surface area contributed by atoms with E-state index in [1.165, 1.54) is 51.7 Å². The lowest BCUT2D eigenvalue weighted by Gasteiger charge is -2.26. The Balaban J connectivity index is 1.57. The van der Waals surface area contributed by atoms with Crippen molar-refractivity contribution in [3.63, 3.8) is 0 Å². The van der Waals surface area contributed by atoms with Crippen LogP contribution in [0.3, 0.4) is 0 Å². The molecule has 1 aromatic rings. The highest BCUT2D eigenvalue weighted by molar-refractivity contribution is 5.79. The SMILES string of the molecule is CN=C(NCCCCCN1CCCCC1)NCc1ccc(OCC(F)(F)F)cc1. The number of halogens is 3. The Morgan fingerprint density at radius 2 is 1.76 bits per heavy atom. The highest BCUT2D eigenvalue weighted by Gasteiger charge is 2.28. The van der Waals surface area contributed by atoms with E-state index < -0.39 is 12.8 Å². The first kappa shape index (κ1) is 23.3. The number of piperidine rings is 1. The lowest BCUT2D eigenvalue weighted by Crippen LogP contribution is -2.37. The van der Waals surface area contributed by atoms with Crippen molar-refractivity contribution in [3.8, 4) is 5.75 Å². The molecule has 1 aromatic carbocycles. The highest BCUT2D eigenvalue weighted by atomic mass is 19.4. The number of rotatable bonds is 10. The predicted molar refractivity (Wildman–Crippen MR) is 110 cm³/mol. The third-order valence-corrected chi connectivity index (χ3v) is 4.90. The van der Waals surface area contributed by atoms with Crippen molar-refractivity contribution in [2.45, 2.75) is 51.2 Å². The van der Waals surface area contributed by atoms with E-state index in [1.54, 1.807) is 31.3 Å². The average Bonchev–Trinajstić information content (AvgIpc) is 2.72. The Hall–Kier alpha value is -1.96. The zero-order valence-electron chi connectivity index (χ0n) is 17.2. The maximum Gasteiger partial charge on any atom is 0.422 e. The summed E-state index contributed by atoms with van der Waals surface area (Å²) in [7, 11) is 1.72. The van der Waals surface area contributed by atoms with Gasteiger partial charge in [-0.3, -0.25) is 4.99 Å². The summed E-state index contributed by atoms with van der Waals surface area (Å²) in [5.74, 6) is 0.927. The minimum absolute atomic E-state index is 0.207. The van der Waals surface area contributed by atoms with Crippen molar-refractivity contribution in [2.75, 3.05) is 39.8 Å².